The van der Waals surface area contributed by atoms with Gasteiger partial charge in [0, 0.05) is 25.4 Å². The minimum Gasteiger partial charge on any atom is -0.323 e. The number of nitrogens with zero attached hydrogens (tertiary/aromatic N) is 3. The first-order valence-electron chi connectivity index (χ1n) is 7.34. The fourth-order valence-electron chi connectivity index (χ4n) is 2.31. The molecule has 0 atom stereocenters. The molecule has 0 bridgehead atoms. The Morgan fingerprint density at radius 2 is 2.19 bits per heavy atom. The van der Waals surface area contributed by atoms with Gasteiger partial charge in [-0.2, -0.15) is 5.10 Å². The number of rotatable bonds is 6. The Kier molecular flexibility index (Phi) is 5.09. The number of pyridine rings is 1. The van der Waals surface area contributed by atoms with Gasteiger partial charge in [-0.05, 0) is 38.3 Å². The smallest absolute Gasteiger partial charge is 0.224 e. The predicted molar refractivity (Wildman–Crippen MR) is 83.2 cm³/mol. The largest absolute Gasteiger partial charge is 0.323 e. The quantitative estimate of drug-likeness (QED) is 0.888. The van der Waals surface area contributed by atoms with Crippen LogP contribution in [0.5, 0.6) is 0 Å². The van der Waals surface area contributed by atoms with Crippen molar-refractivity contribution in [2.45, 2.75) is 46.6 Å². The lowest BCUT2D eigenvalue weighted by molar-refractivity contribution is -0.116. The number of carbonyl (C=O) groups is 1. The van der Waals surface area contributed by atoms with Crippen LogP contribution in [0.4, 0.5) is 5.69 Å². The average Bonchev–Trinajstić information content (AvgIpc) is 2.74. The van der Waals surface area contributed by atoms with Crippen LogP contribution in [0.2, 0.25) is 0 Å². The summed E-state index contributed by atoms with van der Waals surface area (Å²) in [5.74, 6) is 0.0149. The lowest BCUT2D eigenvalue weighted by Gasteiger charge is -2.06. The van der Waals surface area contributed by atoms with Crippen LogP contribution in [0.1, 0.15) is 36.7 Å². The number of aromatic nitrogens is 3. The second-order valence-corrected chi connectivity index (χ2v) is 5.18. The number of carbonyl (C=O) groups excluding carboxylic acids is 1. The molecule has 0 aliphatic carbocycles. The zero-order valence-corrected chi connectivity index (χ0v) is 12.9. The summed E-state index contributed by atoms with van der Waals surface area (Å²) in [5.41, 5.74) is 3.81. The van der Waals surface area contributed by atoms with Crippen LogP contribution >= 0.6 is 0 Å². The standard InChI is InChI=1S/C16H22N4O/c1-4-10-20-13(3)16(12(2)19-20)18-15(21)8-7-14-6-5-9-17-11-14/h5-6,9,11H,4,7-8,10H2,1-3H3,(H,18,21). The average molecular weight is 286 g/mol. The third-order valence-corrected chi connectivity index (χ3v) is 3.44. The van der Waals surface area contributed by atoms with Crippen LogP contribution in [0.15, 0.2) is 24.5 Å². The van der Waals surface area contributed by atoms with Crippen molar-refractivity contribution < 1.29 is 4.79 Å². The molecule has 0 unspecified atom stereocenters. The summed E-state index contributed by atoms with van der Waals surface area (Å²) in [7, 11) is 0. The van der Waals surface area contributed by atoms with Crippen molar-refractivity contribution in [3.63, 3.8) is 0 Å². The van der Waals surface area contributed by atoms with Crippen molar-refractivity contribution in [3.05, 3.63) is 41.5 Å². The van der Waals surface area contributed by atoms with Crippen LogP contribution < -0.4 is 5.32 Å². The first-order chi connectivity index (χ1) is 10.1. The van der Waals surface area contributed by atoms with E-state index in [1.165, 1.54) is 0 Å². The number of hydrogen-bond acceptors (Lipinski definition) is 3. The maximum atomic E-state index is 12.1. The molecule has 0 saturated carbocycles. The highest BCUT2D eigenvalue weighted by atomic mass is 16.1. The van der Waals surface area contributed by atoms with Gasteiger partial charge in [0.25, 0.3) is 0 Å². The lowest BCUT2D eigenvalue weighted by Crippen LogP contribution is -2.13. The third kappa shape index (κ3) is 3.90. The molecule has 0 aliphatic rings. The van der Waals surface area contributed by atoms with E-state index in [-0.39, 0.29) is 5.91 Å². The van der Waals surface area contributed by atoms with Crippen LogP contribution in [0.25, 0.3) is 0 Å². The van der Waals surface area contributed by atoms with E-state index in [1.807, 2.05) is 30.7 Å². The maximum Gasteiger partial charge on any atom is 0.224 e. The van der Waals surface area contributed by atoms with Gasteiger partial charge in [-0.25, -0.2) is 0 Å². The monoisotopic (exact) mass is 286 g/mol. The number of hydrogen-bond donors (Lipinski definition) is 1. The molecular weight excluding hydrogens is 264 g/mol. The Hall–Kier alpha value is -2.17. The molecule has 0 saturated heterocycles. The zero-order valence-electron chi connectivity index (χ0n) is 12.9. The fraction of sp³-hybridized carbons (Fsp3) is 0.438. The fourth-order valence-corrected chi connectivity index (χ4v) is 2.31. The van der Waals surface area contributed by atoms with E-state index in [0.29, 0.717) is 12.8 Å². The molecule has 0 fully saturated rings. The second-order valence-electron chi connectivity index (χ2n) is 5.18. The summed E-state index contributed by atoms with van der Waals surface area (Å²) in [6.07, 6.45) is 5.70. The Bertz CT molecular complexity index is 604. The molecule has 0 radical (unpaired) electrons. The Morgan fingerprint density at radius 3 is 2.86 bits per heavy atom. The van der Waals surface area contributed by atoms with Crippen molar-refractivity contribution in [2.24, 2.45) is 0 Å². The summed E-state index contributed by atoms with van der Waals surface area (Å²) in [4.78, 5) is 16.1. The van der Waals surface area contributed by atoms with Gasteiger partial charge in [0.1, 0.15) is 0 Å². The van der Waals surface area contributed by atoms with Crippen LogP contribution in [-0.4, -0.2) is 20.7 Å². The van der Waals surface area contributed by atoms with Gasteiger partial charge < -0.3 is 5.32 Å². The first kappa shape index (κ1) is 15.2. The van der Waals surface area contributed by atoms with E-state index >= 15 is 0 Å². The molecule has 2 heterocycles. The van der Waals surface area contributed by atoms with Crippen molar-refractivity contribution in [2.75, 3.05) is 5.32 Å². The maximum absolute atomic E-state index is 12.1. The molecular formula is C16H22N4O. The molecule has 1 amide bonds. The van der Waals surface area contributed by atoms with Crippen molar-refractivity contribution in [1.82, 2.24) is 14.8 Å². The topological polar surface area (TPSA) is 59.8 Å². The summed E-state index contributed by atoms with van der Waals surface area (Å²) in [6.45, 7) is 6.91. The minimum absolute atomic E-state index is 0.0149. The lowest BCUT2D eigenvalue weighted by atomic mass is 10.1. The van der Waals surface area contributed by atoms with Crippen LogP contribution in [0.3, 0.4) is 0 Å². The van der Waals surface area contributed by atoms with Crippen LogP contribution in [0, 0.1) is 13.8 Å². The van der Waals surface area contributed by atoms with Gasteiger partial charge in [0.05, 0.1) is 17.1 Å². The van der Waals surface area contributed by atoms with Gasteiger partial charge in [-0.1, -0.05) is 13.0 Å². The highest BCUT2D eigenvalue weighted by molar-refractivity contribution is 5.92. The van der Waals surface area contributed by atoms with Gasteiger partial charge in [0.2, 0.25) is 5.91 Å². The molecule has 0 aromatic carbocycles. The van der Waals surface area contributed by atoms with Gasteiger partial charge in [-0.3, -0.25) is 14.5 Å². The highest BCUT2D eigenvalue weighted by Gasteiger charge is 2.13. The highest BCUT2D eigenvalue weighted by Crippen LogP contribution is 2.20. The number of amides is 1. The van der Waals surface area contributed by atoms with Crippen molar-refractivity contribution in [3.8, 4) is 0 Å². The van der Waals surface area contributed by atoms with Crippen molar-refractivity contribution >= 4 is 11.6 Å². The van der Waals surface area contributed by atoms with Gasteiger partial charge >= 0.3 is 0 Å². The summed E-state index contributed by atoms with van der Waals surface area (Å²) in [6, 6.07) is 3.87. The van der Waals surface area contributed by atoms with E-state index in [0.717, 1.165) is 35.6 Å². The van der Waals surface area contributed by atoms with E-state index in [9.17, 15) is 4.79 Å². The van der Waals surface area contributed by atoms with Gasteiger partial charge in [-0.15, -0.1) is 0 Å². The summed E-state index contributed by atoms with van der Waals surface area (Å²) >= 11 is 0. The summed E-state index contributed by atoms with van der Waals surface area (Å²) < 4.78 is 1.95. The second kappa shape index (κ2) is 7.02. The van der Waals surface area contributed by atoms with Gasteiger partial charge in [0.15, 0.2) is 0 Å². The molecule has 2 rings (SSSR count). The van der Waals surface area contributed by atoms with E-state index < -0.39 is 0 Å². The molecule has 5 heteroatoms. The Balaban J connectivity index is 1.96. The molecule has 112 valence electrons. The predicted octanol–water partition coefficient (Wildman–Crippen LogP) is 2.88. The van der Waals surface area contributed by atoms with Crippen molar-refractivity contribution in [1.29, 1.82) is 0 Å². The molecule has 21 heavy (non-hydrogen) atoms. The SMILES string of the molecule is CCCn1nc(C)c(NC(=O)CCc2cccnc2)c1C. The molecule has 0 aliphatic heterocycles. The van der Waals surface area contributed by atoms with E-state index in [4.69, 9.17) is 0 Å². The number of aryl methyl sites for hydroxylation is 3. The zero-order chi connectivity index (χ0) is 15.2. The van der Waals surface area contributed by atoms with Crippen LogP contribution in [-0.2, 0) is 17.8 Å². The Labute approximate surface area is 125 Å². The molecule has 1 N–H and O–H groups in total. The third-order valence-electron chi connectivity index (χ3n) is 3.44. The molecule has 2 aromatic heterocycles. The molecule has 5 nitrogen and oxygen atoms in total. The number of anilines is 1. The van der Waals surface area contributed by atoms with E-state index in [2.05, 4.69) is 22.3 Å². The van der Waals surface area contributed by atoms with E-state index in [1.54, 1.807) is 12.4 Å². The minimum atomic E-state index is 0.0149. The molecule has 0 spiro atoms. The summed E-state index contributed by atoms with van der Waals surface area (Å²) in [5, 5.41) is 7.45. The number of nitrogens with one attached hydrogen (secondary N) is 1. The normalized spacial score (nSPS) is 10.6. The molecule has 2 aromatic rings. The first-order valence-corrected chi connectivity index (χ1v) is 7.34. The Morgan fingerprint density at radius 1 is 1.38 bits per heavy atom.